The first-order valence-corrected chi connectivity index (χ1v) is 8.61. The van der Waals surface area contributed by atoms with Crippen LogP contribution in [-0.4, -0.2) is 10.9 Å². The third-order valence-electron chi connectivity index (χ3n) is 5.88. The molecule has 2 bridgehead atoms. The normalized spacial score (nSPS) is 30.2. The largest absolute Gasteiger partial charge is 0.363 e. The fraction of sp³-hybridized carbons (Fsp3) is 0.273. The number of allylic oxidation sites excluding steroid dienone is 2. The second kappa shape index (κ2) is 4.86. The van der Waals surface area contributed by atoms with Crippen molar-refractivity contribution in [1.29, 1.82) is 0 Å². The van der Waals surface area contributed by atoms with Crippen LogP contribution in [-0.2, 0) is 0 Å². The quantitative estimate of drug-likeness (QED) is 0.710. The summed E-state index contributed by atoms with van der Waals surface area (Å²) in [5.74, 6) is 1.17. The minimum atomic E-state index is 0.500. The van der Waals surface area contributed by atoms with Gasteiger partial charge in [-0.15, -0.1) is 0 Å². The van der Waals surface area contributed by atoms with Gasteiger partial charge in [0, 0.05) is 12.1 Å². The van der Waals surface area contributed by atoms with Crippen molar-refractivity contribution in [3.05, 3.63) is 95.2 Å². The lowest BCUT2D eigenvalue weighted by Gasteiger charge is -2.55. The Hall–Kier alpha value is -2.28. The van der Waals surface area contributed by atoms with E-state index in [1.54, 1.807) is 5.56 Å². The molecule has 6 rings (SSSR count). The van der Waals surface area contributed by atoms with E-state index in [1.165, 1.54) is 23.1 Å². The summed E-state index contributed by atoms with van der Waals surface area (Å²) in [5.41, 5.74) is 5.95. The maximum Gasteiger partial charge on any atom is 0.0552 e. The number of fused-ring (bicyclic) bond motifs is 1. The predicted molar refractivity (Wildman–Crippen MR) is 94.4 cm³/mol. The van der Waals surface area contributed by atoms with Crippen LogP contribution in [0.1, 0.15) is 46.6 Å². The Kier molecular flexibility index (Phi) is 2.78. The number of piperidine rings is 1. The highest BCUT2D eigenvalue weighted by Crippen LogP contribution is 2.57. The third-order valence-corrected chi connectivity index (χ3v) is 5.88. The standard InChI is InChI=1S/C22H21N/c1-15-9-11-16(12-10-15)19-14-21-17-6-2-3-7-18(17)22(19)20-8-4-5-13-23(20)21/h2-13,19-22H,14H2,1H3. The lowest BCUT2D eigenvalue weighted by atomic mass is 9.62. The number of hydrogen-bond acceptors (Lipinski definition) is 1. The van der Waals surface area contributed by atoms with E-state index in [0.29, 0.717) is 23.9 Å². The highest BCUT2D eigenvalue weighted by atomic mass is 15.2. The Morgan fingerprint density at radius 2 is 1.70 bits per heavy atom. The maximum absolute atomic E-state index is 2.58. The van der Waals surface area contributed by atoms with Crippen LogP contribution < -0.4 is 0 Å². The summed E-state index contributed by atoms with van der Waals surface area (Å²) >= 11 is 0. The first-order valence-electron chi connectivity index (χ1n) is 8.61. The molecule has 4 atom stereocenters. The molecule has 0 amide bonds. The van der Waals surface area contributed by atoms with Crippen LogP contribution in [0.15, 0.2) is 73.0 Å². The topological polar surface area (TPSA) is 3.24 Å². The summed E-state index contributed by atoms with van der Waals surface area (Å²) in [5, 5.41) is 0. The summed E-state index contributed by atoms with van der Waals surface area (Å²) in [7, 11) is 0. The van der Waals surface area contributed by atoms with Crippen LogP contribution in [0.5, 0.6) is 0 Å². The molecule has 0 N–H and O–H groups in total. The van der Waals surface area contributed by atoms with Crippen molar-refractivity contribution in [1.82, 2.24) is 4.90 Å². The molecule has 3 aliphatic heterocycles. The van der Waals surface area contributed by atoms with E-state index < -0.39 is 0 Å². The summed E-state index contributed by atoms with van der Waals surface area (Å²) in [6.07, 6.45) is 10.3. The molecular weight excluding hydrogens is 278 g/mol. The van der Waals surface area contributed by atoms with Gasteiger partial charge in [0.1, 0.15) is 0 Å². The first-order chi connectivity index (χ1) is 11.3. The van der Waals surface area contributed by atoms with Crippen molar-refractivity contribution < 1.29 is 0 Å². The fourth-order valence-corrected chi connectivity index (χ4v) is 4.85. The Balaban J connectivity index is 1.66. The highest BCUT2D eigenvalue weighted by molar-refractivity contribution is 5.47. The Bertz CT molecular complexity index is 799. The van der Waals surface area contributed by atoms with Crippen molar-refractivity contribution >= 4 is 0 Å². The van der Waals surface area contributed by atoms with Gasteiger partial charge >= 0.3 is 0 Å². The van der Waals surface area contributed by atoms with Crippen LogP contribution in [0.3, 0.4) is 0 Å². The van der Waals surface area contributed by atoms with E-state index in [1.807, 2.05) is 0 Å². The predicted octanol–water partition coefficient (Wildman–Crippen LogP) is 5.07. The maximum atomic E-state index is 2.58. The zero-order chi connectivity index (χ0) is 15.4. The smallest absolute Gasteiger partial charge is 0.0552 e. The molecule has 1 nitrogen and oxygen atoms in total. The van der Waals surface area contributed by atoms with Crippen LogP contribution in [0.2, 0.25) is 0 Å². The van der Waals surface area contributed by atoms with Crippen molar-refractivity contribution in [2.45, 2.75) is 37.3 Å². The molecule has 114 valence electrons. The molecule has 4 aliphatic rings. The van der Waals surface area contributed by atoms with Crippen LogP contribution in [0, 0.1) is 6.92 Å². The molecular formula is C22H21N. The van der Waals surface area contributed by atoms with Gasteiger partial charge in [0.25, 0.3) is 0 Å². The first kappa shape index (κ1) is 13.2. The molecule has 3 heterocycles. The summed E-state index contributed by atoms with van der Waals surface area (Å²) < 4.78 is 0. The molecule has 4 unspecified atom stereocenters. The van der Waals surface area contributed by atoms with E-state index in [9.17, 15) is 0 Å². The molecule has 0 aromatic heterocycles. The Labute approximate surface area is 138 Å². The van der Waals surface area contributed by atoms with Gasteiger partial charge in [0.15, 0.2) is 0 Å². The van der Waals surface area contributed by atoms with Gasteiger partial charge in [-0.1, -0.05) is 66.2 Å². The Morgan fingerprint density at radius 3 is 2.52 bits per heavy atom. The highest BCUT2D eigenvalue weighted by Gasteiger charge is 2.48. The molecule has 2 aromatic rings. The van der Waals surface area contributed by atoms with Gasteiger partial charge < -0.3 is 4.90 Å². The van der Waals surface area contributed by atoms with Gasteiger partial charge in [-0.25, -0.2) is 0 Å². The van der Waals surface area contributed by atoms with Crippen LogP contribution in [0.4, 0.5) is 0 Å². The molecule has 1 fully saturated rings. The lowest BCUT2D eigenvalue weighted by Crippen LogP contribution is -2.50. The third kappa shape index (κ3) is 1.86. The van der Waals surface area contributed by atoms with Crippen LogP contribution >= 0.6 is 0 Å². The molecule has 1 saturated heterocycles. The average molecular weight is 299 g/mol. The minimum Gasteiger partial charge on any atom is -0.363 e. The summed E-state index contributed by atoms with van der Waals surface area (Å²) in [6, 6.07) is 19.3. The van der Waals surface area contributed by atoms with E-state index >= 15 is 0 Å². The summed E-state index contributed by atoms with van der Waals surface area (Å²) in [4.78, 5) is 2.58. The minimum absolute atomic E-state index is 0.500. The van der Waals surface area contributed by atoms with Gasteiger partial charge in [0.05, 0.1) is 12.1 Å². The summed E-state index contributed by atoms with van der Waals surface area (Å²) in [6.45, 7) is 2.17. The second-order valence-corrected chi connectivity index (χ2v) is 7.09. The number of hydrogen-bond donors (Lipinski definition) is 0. The zero-order valence-corrected chi connectivity index (χ0v) is 13.4. The van der Waals surface area contributed by atoms with Crippen molar-refractivity contribution in [2.75, 3.05) is 0 Å². The fourth-order valence-electron chi connectivity index (χ4n) is 4.85. The molecule has 0 spiro atoms. The van der Waals surface area contributed by atoms with E-state index in [4.69, 9.17) is 0 Å². The molecule has 23 heavy (non-hydrogen) atoms. The number of rotatable bonds is 1. The van der Waals surface area contributed by atoms with Crippen molar-refractivity contribution in [3.8, 4) is 0 Å². The number of benzene rings is 2. The van der Waals surface area contributed by atoms with E-state index in [0.717, 1.165) is 0 Å². The lowest BCUT2D eigenvalue weighted by molar-refractivity contribution is 0.104. The SMILES string of the molecule is Cc1ccc(C2CC3c4ccccc4C2C2C=CC=CN32)cc1. The molecule has 2 aromatic carbocycles. The Morgan fingerprint density at radius 1 is 0.913 bits per heavy atom. The van der Waals surface area contributed by atoms with Gasteiger partial charge in [-0.3, -0.25) is 0 Å². The van der Waals surface area contributed by atoms with Crippen molar-refractivity contribution in [3.63, 3.8) is 0 Å². The zero-order valence-electron chi connectivity index (χ0n) is 13.4. The van der Waals surface area contributed by atoms with E-state index in [-0.39, 0.29) is 0 Å². The molecule has 1 aliphatic carbocycles. The molecule has 0 saturated carbocycles. The van der Waals surface area contributed by atoms with Crippen molar-refractivity contribution in [2.24, 2.45) is 0 Å². The molecule has 0 radical (unpaired) electrons. The molecule has 1 heteroatoms. The van der Waals surface area contributed by atoms with Gasteiger partial charge in [0.2, 0.25) is 0 Å². The van der Waals surface area contributed by atoms with Gasteiger partial charge in [-0.2, -0.15) is 0 Å². The second-order valence-electron chi connectivity index (χ2n) is 7.09. The number of aryl methyl sites for hydroxylation is 1. The van der Waals surface area contributed by atoms with Crippen LogP contribution in [0.25, 0.3) is 0 Å². The average Bonchev–Trinajstić information content (AvgIpc) is 2.62. The van der Waals surface area contributed by atoms with E-state index in [2.05, 4.69) is 84.8 Å². The number of nitrogens with zero attached hydrogens (tertiary/aromatic N) is 1. The van der Waals surface area contributed by atoms with Gasteiger partial charge in [-0.05, 0) is 42.0 Å². The monoisotopic (exact) mass is 299 g/mol.